The number of hydrogen-bond acceptors (Lipinski definition) is 7. The highest BCUT2D eigenvalue weighted by Gasteiger charge is 2.47. The normalized spacial score (nSPS) is 16.4. The van der Waals surface area contributed by atoms with Crippen molar-refractivity contribution >= 4 is 38.7 Å². The van der Waals surface area contributed by atoms with Crippen molar-refractivity contribution < 1.29 is 35.9 Å². The Morgan fingerprint density at radius 1 is 1.19 bits per heavy atom. The number of nitrogens with zero attached hydrogens (tertiary/aromatic N) is 2. The Kier molecular flexibility index (Phi) is 6.12. The molecule has 13 heteroatoms. The number of para-hydroxylation sites is 1. The lowest BCUT2D eigenvalue weighted by atomic mass is 10.1. The van der Waals surface area contributed by atoms with Crippen LogP contribution in [-0.4, -0.2) is 44.6 Å². The largest absolute Gasteiger partial charge is 0.501 e. The summed E-state index contributed by atoms with van der Waals surface area (Å²) in [5, 5.41) is 7.68. The first-order chi connectivity index (χ1) is 15.0. The van der Waals surface area contributed by atoms with Gasteiger partial charge in [-0.05, 0) is 30.3 Å². The monoisotopic (exact) mass is 470 g/mol. The van der Waals surface area contributed by atoms with E-state index in [1.807, 2.05) is 0 Å². The van der Waals surface area contributed by atoms with Crippen molar-refractivity contribution in [3.8, 4) is 5.75 Å². The Labute approximate surface area is 180 Å². The first kappa shape index (κ1) is 23.1. The van der Waals surface area contributed by atoms with Crippen molar-refractivity contribution in [2.45, 2.75) is 22.9 Å². The molecule has 0 spiro atoms. The van der Waals surface area contributed by atoms with Gasteiger partial charge < -0.3 is 15.8 Å². The molecule has 1 heterocycles. The minimum absolute atomic E-state index is 0.0792. The van der Waals surface area contributed by atoms with E-state index in [1.165, 1.54) is 12.1 Å². The predicted octanol–water partition coefficient (Wildman–Crippen LogP) is 2.05. The van der Waals surface area contributed by atoms with E-state index in [0.717, 1.165) is 6.07 Å². The third kappa shape index (κ3) is 4.37. The topological polar surface area (TPSA) is 131 Å². The summed E-state index contributed by atoms with van der Waals surface area (Å²) in [5.74, 6) is -1.68. The van der Waals surface area contributed by atoms with Gasteiger partial charge >= 0.3 is 5.51 Å². The van der Waals surface area contributed by atoms with Crippen molar-refractivity contribution in [1.82, 2.24) is 0 Å². The quantitative estimate of drug-likeness (QED) is 0.664. The molecule has 0 saturated carbocycles. The number of nitrogens with one attached hydrogen (secondary N) is 1. The molecule has 170 valence electrons. The van der Waals surface area contributed by atoms with Crippen LogP contribution in [0.3, 0.4) is 0 Å². The first-order valence-corrected chi connectivity index (χ1v) is 10.5. The molecule has 1 atom stereocenters. The summed E-state index contributed by atoms with van der Waals surface area (Å²) < 4.78 is 67.1. The highest BCUT2D eigenvalue weighted by Crippen LogP contribution is 2.35. The van der Waals surface area contributed by atoms with E-state index in [4.69, 9.17) is 10.5 Å². The Hall–Kier alpha value is -3.61. The number of amides is 2. The third-order valence-corrected chi connectivity index (χ3v) is 6.04. The number of halogens is 3. The van der Waals surface area contributed by atoms with Crippen LogP contribution in [0.2, 0.25) is 0 Å². The standard InChI is InChI=1S/C19H17F3N4O5S/c1-31-16-8-7-12(32(29,30)19(20,21)22)9-13(16)24-18(28)14-10-15(17(23)27)26(25-14)11-5-3-2-4-6-11/h2-9,15H,10H2,1H3,(H2,23,27)(H,24,28). The number of anilines is 2. The third-order valence-electron chi connectivity index (χ3n) is 4.56. The van der Waals surface area contributed by atoms with E-state index >= 15 is 0 Å². The van der Waals surface area contributed by atoms with Crippen molar-refractivity contribution in [3.05, 3.63) is 48.5 Å². The van der Waals surface area contributed by atoms with E-state index in [1.54, 1.807) is 30.3 Å². The number of alkyl halides is 3. The van der Waals surface area contributed by atoms with Gasteiger partial charge in [0, 0.05) is 6.42 Å². The van der Waals surface area contributed by atoms with Crippen molar-refractivity contribution in [2.75, 3.05) is 17.4 Å². The lowest BCUT2D eigenvalue weighted by molar-refractivity contribution is -0.119. The number of carbonyl (C=O) groups is 2. The van der Waals surface area contributed by atoms with Gasteiger partial charge in [0.1, 0.15) is 17.5 Å². The fraction of sp³-hybridized carbons (Fsp3) is 0.211. The van der Waals surface area contributed by atoms with E-state index in [0.29, 0.717) is 17.8 Å². The number of hydrogen-bond donors (Lipinski definition) is 2. The van der Waals surface area contributed by atoms with Crippen LogP contribution >= 0.6 is 0 Å². The predicted molar refractivity (Wildman–Crippen MR) is 109 cm³/mol. The maximum absolute atomic E-state index is 12.9. The number of nitrogens with two attached hydrogens (primary N) is 1. The average Bonchev–Trinajstić information content (AvgIpc) is 3.19. The molecule has 9 nitrogen and oxygen atoms in total. The Balaban J connectivity index is 1.93. The average molecular weight is 470 g/mol. The molecular weight excluding hydrogens is 453 g/mol. The van der Waals surface area contributed by atoms with Gasteiger partial charge in [-0.2, -0.15) is 18.3 Å². The van der Waals surface area contributed by atoms with Crippen LogP contribution in [0.15, 0.2) is 58.5 Å². The second-order valence-corrected chi connectivity index (χ2v) is 8.56. The van der Waals surface area contributed by atoms with E-state index < -0.39 is 38.1 Å². The molecule has 0 aliphatic carbocycles. The minimum atomic E-state index is -5.65. The molecule has 0 aromatic heterocycles. The zero-order valence-electron chi connectivity index (χ0n) is 16.5. The van der Waals surface area contributed by atoms with Gasteiger partial charge in [0.2, 0.25) is 5.91 Å². The molecule has 32 heavy (non-hydrogen) atoms. The summed E-state index contributed by atoms with van der Waals surface area (Å²) in [5.41, 5.74) is -0.0690. The van der Waals surface area contributed by atoms with Crippen molar-refractivity contribution in [2.24, 2.45) is 10.8 Å². The second kappa shape index (κ2) is 8.49. The van der Waals surface area contributed by atoms with Gasteiger partial charge in [-0.25, -0.2) is 8.42 Å². The van der Waals surface area contributed by atoms with Crippen LogP contribution in [0, 0.1) is 0 Å². The molecule has 2 amide bonds. The zero-order chi connectivity index (χ0) is 23.7. The van der Waals surface area contributed by atoms with E-state index in [9.17, 15) is 31.2 Å². The SMILES string of the molecule is COc1ccc(S(=O)(=O)C(F)(F)F)cc1NC(=O)C1=NN(c2ccccc2)C(C(N)=O)C1. The zero-order valence-corrected chi connectivity index (χ0v) is 17.3. The van der Waals surface area contributed by atoms with E-state index in [-0.39, 0.29) is 23.6 Å². The molecule has 1 unspecified atom stereocenters. The fourth-order valence-electron chi connectivity index (χ4n) is 2.97. The van der Waals surface area contributed by atoms with Gasteiger partial charge in [-0.1, -0.05) is 18.2 Å². The second-order valence-electron chi connectivity index (χ2n) is 6.61. The molecule has 0 radical (unpaired) electrons. The Bertz CT molecular complexity index is 1180. The molecule has 3 rings (SSSR count). The highest BCUT2D eigenvalue weighted by atomic mass is 32.2. The molecule has 0 fully saturated rings. The van der Waals surface area contributed by atoms with Crippen molar-refractivity contribution in [3.63, 3.8) is 0 Å². The number of primary amides is 1. The van der Waals surface area contributed by atoms with Gasteiger partial charge in [0.15, 0.2) is 0 Å². The summed E-state index contributed by atoms with van der Waals surface area (Å²) in [4.78, 5) is 23.5. The number of hydrazone groups is 1. The highest BCUT2D eigenvalue weighted by molar-refractivity contribution is 7.92. The Morgan fingerprint density at radius 3 is 2.41 bits per heavy atom. The van der Waals surface area contributed by atoms with Crippen LogP contribution in [0.25, 0.3) is 0 Å². The lowest BCUT2D eigenvalue weighted by Gasteiger charge is -2.20. The molecule has 3 N–H and O–H groups in total. The molecule has 0 saturated heterocycles. The van der Waals surface area contributed by atoms with E-state index in [2.05, 4.69) is 10.4 Å². The van der Waals surface area contributed by atoms with Gasteiger partial charge in [0.05, 0.1) is 23.4 Å². The molecule has 1 aliphatic rings. The summed E-state index contributed by atoms with van der Waals surface area (Å²) in [6, 6.07) is 9.79. The van der Waals surface area contributed by atoms with Crippen LogP contribution in [0.4, 0.5) is 24.5 Å². The maximum Gasteiger partial charge on any atom is 0.501 e. The molecular formula is C19H17F3N4O5S. The number of sulfone groups is 1. The molecule has 2 aromatic rings. The summed E-state index contributed by atoms with van der Waals surface area (Å²) in [6.07, 6.45) is -0.168. The van der Waals surface area contributed by atoms with Gasteiger partial charge in [0.25, 0.3) is 15.7 Å². The van der Waals surface area contributed by atoms with Crippen molar-refractivity contribution in [1.29, 1.82) is 0 Å². The number of methoxy groups -OCH3 is 1. The van der Waals surface area contributed by atoms with Gasteiger partial charge in [-0.3, -0.25) is 14.6 Å². The lowest BCUT2D eigenvalue weighted by Crippen LogP contribution is -2.39. The molecule has 1 aliphatic heterocycles. The molecule has 0 bridgehead atoms. The Morgan fingerprint density at radius 2 is 1.84 bits per heavy atom. The summed E-state index contributed by atoms with van der Waals surface area (Å²) in [7, 11) is -4.46. The fourth-order valence-corrected chi connectivity index (χ4v) is 3.76. The molecule has 2 aromatic carbocycles. The van der Waals surface area contributed by atoms with Crippen LogP contribution in [0.1, 0.15) is 6.42 Å². The maximum atomic E-state index is 12.9. The summed E-state index contributed by atoms with van der Waals surface area (Å²) >= 11 is 0. The minimum Gasteiger partial charge on any atom is -0.495 e. The van der Waals surface area contributed by atoms with Crippen LogP contribution in [0.5, 0.6) is 5.75 Å². The van der Waals surface area contributed by atoms with Gasteiger partial charge in [-0.15, -0.1) is 0 Å². The number of benzene rings is 2. The summed E-state index contributed by atoms with van der Waals surface area (Å²) in [6.45, 7) is 0. The number of rotatable bonds is 6. The van der Waals surface area contributed by atoms with Crippen LogP contribution < -0.4 is 20.8 Å². The number of ether oxygens (including phenoxy) is 1. The number of carbonyl (C=O) groups excluding carboxylic acids is 2. The smallest absolute Gasteiger partial charge is 0.495 e. The first-order valence-electron chi connectivity index (χ1n) is 8.97. The van der Waals surface area contributed by atoms with Crippen LogP contribution in [-0.2, 0) is 19.4 Å².